The number of benzene rings is 1. The maximum Gasteiger partial charge on any atom is 0.335 e. The van der Waals surface area contributed by atoms with Crippen LogP contribution in [0.15, 0.2) is 35.0 Å². The number of thiophene rings is 1. The molecule has 0 saturated heterocycles. The lowest BCUT2D eigenvalue weighted by atomic mass is 10.1. The van der Waals surface area contributed by atoms with Gasteiger partial charge in [0.15, 0.2) is 0 Å². The SMILES string of the molecule is Cc1cscc1CNS(=O)(=O)Cc1ccc(C(=O)O)cc1. The number of hydrogen-bond donors (Lipinski definition) is 2. The molecule has 21 heavy (non-hydrogen) atoms. The Morgan fingerprint density at radius 3 is 2.43 bits per heavy atom. The van der Waals surface area contributed by atoms with Crippen LogP contribution in [0.4, 0.5) is 0 Å². The monoisotopic (exact) mass is 325 g/mol. The molecule has 5 nitrogen and oxygen atoms in total. The fourth-order valence-electron chi connectivity index (χ4n) is 1.77. The van der Waals surface area contributed by atoms with E-state index in [1.165, 1.54) is 35.6 Å². The fourth-order valence-corrected chi connectivity index (χ4v) is 3.74. The minimum Gasteiger partial charge on any atom is -0.478 e. The molecule has 1 aromatic heterocycles. The highest BCUT2D eigenvalue weighted by atomic mass is 32.2. The summed E-state index contributed by atoms with van der Waals surface area (Å²) in [6.45, 7) is 2.20. The van der Waals surface area contributed by atoms with Crippen molar-refractivity contribution in [3.63, 3.8) is 0 Å². The van der Waals surface area contributed by atoms with E-state index in [-0.39, 0.29) is 17.9 Å². The lowest BCUT2D eigenvalue weighted by Crippen LogP contribution is -2.24. The van der Waals surface area contributed by atoms with Crippen molar-refractivity contribution in [3.8, 4) is 0 Å². The van der Waals surface area contributed by atoms with E-state index in [0.29, 0.717) is 5.56 Å². The third-order valence-corrected chi connectivity index (χ3v) is 5.21. The molecule has 0 fully saturated rings. The molecule has 2 N–H and O–H groups in total. The minimum absolute atomic E-state index is 0.137. The molecule has 2 aromatic rings. The number of aryl methyl sites for hydroxylation is 1. The average Bonchev–Trinajstić information content (AvgIpc) is 2.82. The van der Waals surface area contributed by atoms with E-state index < -0.39 is 16.0 Å². The summed E-state index contributed by atoms with van der Waals surface area (Å²) in [5.74, 6) is -1.20. The molecule has 0 spiro atoms. The molecule has 0 atom stereocenters. The molecule has 2 rings (SSSR count). The summed E-state index contributed by atoms with van der Waals surface area (Å²) < 4.78 is 26.6. The van der Waals surface area contributed by atoms with Crippen molar-refractivity contribution in [1.29, 1.82) is 0 Å². The number of nitrogens with one attached hydrogen (secondary N) is 1. The van der Waals surface area contributed by atoms with Crippen LogP contribution in [-0.4, -0.2) is 19.5 Å². The second kappa shape index (κ2) is 6.38. The summed E-state index contributed by atoms with van der Waals surface area (Å²) in [4.78, 5) is 10.7. The van der Waals surface area contributed by atoms with Gasteiger partial charge >= 0.3 is 5.97 Å². The average molecular weight is 325 g/mol. The molecule has 0 aliphatic rings. The zero-order valence-corrected chi connectivity index (χ0v) is 13.0. The molecular formula is C14H15NO4S2. The Hall–Kier alpha value is -1.70. The van der Waals surface area contributed by atoms with Gasteiger partial charge in [-0.2, -0.15) is 11.3 Å². The Kier molecular flexibility index (Phi) is 4.76. The molecule has 0 amide bonds. The van der Waals surface area contributed by atoms with E-state index in [4.69, 9.17) is 5.11 Å². The summed E-state index contributed by atoms with van der Waals surface area (Å²) >= 11 is 1.53. The molecule has 0 unspecified atom stereocenters. The highest BCUT2D eigenvalue weighted by molar-refractivity contribution is 7.88. The molecule has 0 saturated carbocycles. The third-order valence-electron chi connectivity index (χ3n) is 3.00. The summed E-state index contributed by atoms with van der Waals surface area (Å²) in [6, 6.07) is 5.82. The van der Waals surface area contributed by atoms with Crippen LogP contribution in [-0.2, 0) is 22.3 Å². The van der Waals surface area contributed by atoms with Gasteiger partial charge in [-0.25, -0.2) is 17.9 Å². The number of rotatable bonds is 6. The number of sulfonamides is 1. The van der Waals surface area contributed by atoms with Gasteiger partial charge in [-0.05, 0) is 46.5 Å². The molecule has 1 aromatic carbocycles. The maximum atomic E-state index is 12.0. The van der Waals surface area contributed by atoms with E-state index in [2.05, 4.69) is 4.72 Å². The van der Waals surface area contributed by atoms with Gasteiger partial charge in [-0.3, -0.25) is 0 Å². The van der Waals surface area contributed by atoms with Crippen LogP contribution in [0, 0.1) is 6.92 Å². The summed E-state index contributed by atoms with van der Waals surface area (Å²) in [7, 11) is -3.45. The van der Waals surface area contributed by atoms with Gasteiger partial charge < -0.3 is 5.11 Å². The number of hydrogen-bond acceptors (Lipinski definition) is 4. The van der Waals surface area contributed by atoms with Gasteiger partial charge in [0.25, 0.3) is 0 Å². The van der Waals surface area contributed by atoms with Crippen LogP contribution in [0.2, 0.25) is 0 Å². The van der Waals surface area contributed by atoms with Gasteiger partial charge in [0, 0.05) is 6.54 Å². The lowest BCUT2D eigenvalue weighted by molar-refractivity contribution is 0.0697. The van der Waals surface area contributed by atoms with Gasteiger partial charge in [0.2, 0.25) is 10.0 Å². The Balaban J connectivity index is 2.00. The quantitative estimate of drug-likeness (QED) is 0.854. The van der Waals surface area contributed by atoms with Crippen molar-refractivity contribution in [1.82, 2.24) is 4.72 Å². The first-order valence-corrected chi connectivity index (χ1v) is 8.78. The van der Waals surface area contributed by atoms with Crippen LogP contribution < -0.4 is 4.72 Å². The van der Waals surface area contributed by atoms with Crippen molar-refractivity contribution in [3.05, 3.63) is 57.3 Å². The van der Waals surface area contributed by atoms with Gasteiger partial charge in [0.05, 0.1) is 11.3 Å². The first-order chi connectivity index (χ1) is 9.87. The van der Waals surface area contributed by atoms with Crippen molar-refractivity contribution < 1.29 is 18.3 Å². The van der Waals surface area contributed by atoms with Crippen molar-refractivity contribution >= 4 is 27.3 Å². The van der Waals surface area contributed by atoms with E-state index in [1.807, 2.05) is 17.7 Å². The molecule has 0 aliphatic carbocycles. The van der Waals surface area contributed by atoms with Crippen molar-refractivity contribution in [2.45, 2.75) is 19.2 Å². The highest BCUT2D eigenvalue weighted by Gasteiger charge is 2.13. The van der Waals surface area contributed by atoms with Crippen LogP contribution >= 0.6 is 11.3 Å². The smallest absolute Gasteiger partial charge is 0.335 e. The van der Waals surface area contributed by atoms with Crippen LogP contribution in [0.5, 0.6) is 0 Å². The van der Waals surface area contributed by atoms with Crippen LogP contribution in [0.25, 0.3) is 0 Å². The normalized spacial score (nSPS) is 11.5. The fraction of sp³-hybridized carbons (Fsp3) is 0.214. The van der Waals surface area contributed by atoms with E-state index in [9.17, 15) is 13.2 Å². The number of carboxylic acid groups (broad SMARTS) is 1. The predicted octanol–water partition coefficient (Wildman–Crippen LogP) is 2.37. The third kappa shape index (κ3) is 4.38. The Bertz CT molecular complexity index is 733. The van der Waals surface area contributed by atoms with Crippen LogP contribution in [0.3, 0.4) is 0 Å². The first kappa shape index (κ1) is 15.7. The molecule has 0 aliphatic heterocycles. The molecular weight excluding hydrogens is 310 g/mol. The summed E-state index contributed by atoms with van der Waals surface area (Å²) in [5, 5.41) is 12.7. The predicted molar refractivity (Wildman–Crippen MR) is 81.9 cm³/mol. The Labute approximate surface area is 127 Å². The zero-order chi connectivity index (χ0) is 15.5. The van der Waals surface area contributed by atoms with Crippen molar-refractivity contribution in [2.24, 2.45) is 0 Å². The van der Waals surface area contributed by atoms with Gasteiger partial charge in [-0.15, -0.1) is 0 Å². The molecule has 112 valence electrons. The summed E-state index contributed by atoms with van der Waals surface area (Å²) in [5.41, 5.74) is 2.71. The maximum absolute atomic E-state index is 12.0. The molecule has 0 radical (unpaired) electrons. The van der Waals surface area contributed by atoms with E-state index in [0.717, 1.165) is 11.1 Å². The topological polar surface area (TPSA) is 83.5 Å². The minimum atomic E-state index is -3.45. The zero-order valence-electron chi connectivity index (χ0n) is 11.4. The van der Waals surface area contributed by atoms with Gasteiger partial charge in [0.1, 0.15) is 0 Å². The largest absolute Gasteiger partial charge is 0.478 e. The summed E-state index contributed by atoms with van der Waals surface area (Å²) in [6.07, 6.45) is 0. The first-order valence-electron chi connectivity index (χ1n) is 6.18. The van der Waals surface area contributed by atoms with E-state index in [1.54, 1.807) is 0 Å². The van der Waals surface area contributed by atoms with E-state index >= 15 is 0 Å². The Morgan fingerprint density at radius 2 is 1.90 bits per heavy atom. The van der Waals surface area contributed by atoms with Gasteiger partial charge in [-0.1, -0.05) is 12.1 Å². The Morgan fingerprint density at radius 1 is 1.24 bits per heavy atom. The number of carboxylic acids is 1. The number of aromatic carboxylic acids is 1. The lowest BCUT2D eigenvalue weighted by Gasteiger charge is -2.07. The van der Waals surface area contributed by atoms with Crippen LogP contribution in [0.1, 0.15) is 27.0 Å². The van der Waals surface area contributed by atoms with Crippen molar-refractivity contribution in [2.75, 3.05) is 0 Å². The number of carbonyl (C=O) groups is 1. The molecule has 0 bridgehead atoms. The second-order valence-corrected chi connectivity index (χ2v) is 7.21. The standard InChI is InChI=1S/C14H15NO4S2/c1-10-7-20-8-13(10)6-15-21(18,19)9-11-2-4-12(5-3-11)14(16)17/h2-5,7-8,15H,6,9H2,1H3,(H,16,17). The highest BCUT2D eigenvalue weighted by Crippen LogP contribution is 2.14. The second-order valence-electron chi connectivity index (χ2n) is 4.66. The molecule has 7 heteroatoms. The molecule has 1 heterocycles.